The Morgan fingerprint density at radius 2 is 2.04 bits per heavy atom. The van der Waals surface area contributed by atoms with Gasteiger partial charge in [0.2, 0.25) is 6.79 Å². The number of carbonyl (C=O) groups excluding carboxylic acids is 1. The zero-order valence-electron chi connectivity index (χ0n) is 14.9. The van der Waals surface area contributed by atoms with E-state index in [2.05, 4.69) is 6.07 Å². The highest BCUT2D eigenvalue weighted by molar-refractivity contribution is 5.97. The van der Waals surface area contributed by atoms with Gasteiger partial charge in [-0.05, 0) is 36.2 Å². The second-order valence-electron chi connectivity index (χ2n) is 6.84. The van der Waals surface area contributed by atoms with Crippen molar-refractivity contribution in [2.45, 2.75) is 12.3 Å². The quantitative estimate of drug-likeness (QED) is 0.707. The van der Waals surface area contributed by atoms with Gasteiger partial charge < -0.3 is 23.5 Å². The van der Waals surface area contributed by atoms with Crippen LogP contribution < -0.4 is 14.2 Å². The Bertz CT molecular complexity index is 1020. The SMILES string of the molecule is COc1cccc2cc(C(=O)N3CC[C@H](c4ccc5c(c4)OCO5)C3)oc12. The molecule has 0 spiro atoms. The van der Waals surface area contributed by atoms with E-state index in [1.807, 2.05) is 35.2 Å². The number of rotatable bonds is 3. The van der Waals surface area contributed by atoms with Crippen molar-refractivity contribution in [3.63, 3.8) is 0 Å². The minimum Gasteiger partial charge on any atom is -0.493 e. The van der Waals surface area contributed by atoms with Gasteiger partial charge in [0, 0.05) is 24.4 Å². The number of nitrogens with zero attached hydrogens (tertiary/aromatic N) is 1. The van der Waals surface area contributed by atoms with Gasteiger partial charge in [-0.15, -0.1) is 0 Å². The Hall–Kier alpha value is -3.15. The molecule has 0 radical (unpaired) electrons. The lowest BCUT2D eigenvalue weighted by molar-refractivity contribution is 0.0761. The summed E-state index contributed by atoms with van der Waals surface area (Å²) >= 11 is 0. The fraction of sp³-hybridized carbons (Fsp3) is 0.286. The second-order valence-corrected chi connectivity index (χ2v) is 6.84. The maximum absolute atomic E-state index is 12.9. The van der Waals surface area contributed by atoms with E-state index < -0.39 is 0 Å². The summed E-state index contributed by atoms with van der Waals surface area (Å²) in [6, 6.07) is 13.4. The number of amides is 1. The summed E-state index contributed by atoms with van der Waals surface area (Å²) in [6.45, 7) is 1.63. The van der Waals surface area contributed by atoms with Crippen molar-refractivity contribution >= 4 is 16.9 Å². The van der Waals surface area contributed by atoms with E-state index in [0.29, 0.717) is 30.2 Å². The van der Waals surface area contributed by atoms with Crippen LogP contribution in [0.5, 0.6) is 17.2 Å². The number of para-hydroxylation sites is 1. The number of methoxy groups -OCH3 is 1. The molecule has 6 nitrogen and oxygen atoms in total. The van der Waals surface area contributed by atoms with E-state index in [-0.39, 0.29) is 18.6 Å². The summed E-state index contributed by atoms with van der Waals surface area (Å²) in [5.41, 5.74) is 1.77. The highest BCUT2D eigenvalue weighted by Crippen LogP contribution is 2.37. The first-order chi connectivity index (χ1) is 13.2. The largest absolute Gasteiger partial charge is 0.493 e. The normalized spacial score (nSPS) is 18.3. The molecule has 1 aromatic heterocycles. The third-order valence-corrected chi connectivity index (χ3v) is 5.28. The van der Waals surface area contributed by atoms with Crippen LogP contribution in [0.4, 0.5) is 0 Å². The summed E-state index contributed by atoms with van der Waals surface area (Å²) in [7, 11) is 1.59. The van der Waals surface area contributed by atoms with Gasteiger partial charge in [-0.3, -0.25) is 4.79 Å². The molecule has 3 aromatic rings. The van der Waals surface area contributed by atoms with Crippen LogP contribution in [0.15, 0.2) is 46.9 Å². The minimum atomic E-state index is -0.0866. The average molecular weight is 365 g/mol. The molecule has 3 heterocycles. The average Bonchev–Trinajstić information content (AvgIpc) is 3.44. The minimum absolute atomic E-state index is 0.0866. The number of ether oxygens (including phenoxy) is 3. The molecular formula is C21H19NO5. The van der Waals surface area contributed by atoms with E-state index >= 15 is 0 Å². The van der Waals surface area contributed by atoms with Crippen LogP contribution in [0.2, 0.25) is 0 Å². The summed E-state index contributed by atoms with van der Waals surface area (Å²) in [6.07, 6.45) is 0.912. The van der Waals surface area contributed by atoms with Crippen LogP contribution >= 0.6 is 0 Å². The van der Waals surface area contributed by atoms with Crippen molar-refractivity contribution in [2.24, 2.45) is 0 Å². The van der Waals surface area contributed by atoms with E-state index in [1.165, 1.54) is 5.56 Å². The molecule has 1 saturated heterocycles. The number of fused-ring (bicyclic) bond motifs is 2. The first kappa shape index (κ1) is 16.1. The van der Waals surface area contributed by atoms with Crippen molar-refractivity contribution in [2.75, 3.05) is 27.0 Å². The molecule has 27 heavy (non-hydrogen) atoms. The third-order valence-electron chi connectivity index (χ3n) is 5.28. The van der Waals surface area contributed by atoms with Crippen LogP contribution in [-0.2, 0) is 0 Å². The second kappa shape index (κ2) is 6.23. The Morgan fingerprint density at radius 1 is 1.15 bits per heavy atom. The van der Waals surface area contributed by atoms with E-state index in [0.717, 1.165) is 23.3 Å². The number of hydrogen-bond acceptors (Lipinski definition) is 5. The number of carbonyl (C=O) groups is 1. The smallest absolute Gasteiger partial charge is 0.289 e. The Labute approximate surface area is 156 Å². The van der Waals surface area contributed by atoms with Gasteiger partial charge >= 0.3 is 0 Å². The predicted molar refractivity (Wildman–Crippen MR) is 98.6 cm³/mol. The van der Waals surface area contributed by atoms with Crippen LogP contribution in [0, 0.1) is 0 Å². The molecule has 2 aliphatic heterocycles. The highest BCUT2D eigenvalue weighted by atomic mass is 16.7. The Balaban J connectivity index is 1.36. The number of furan rings is 1. The van der Waals surface area contributed by atoms with E-state index in [9.17, 15) is 4.79 Å². The molecular weight excluding hydrogens is 346 g/mol. The van der Waals surface area contributed by atoms with Gasteiger partial charge in [0.15, 0.2) is 28.6 Å². The molecule has 1 atom stereocenters. The van der Waals surface area contributed by atoms with Gasteiger partial charge in [-0.1, -0.05) is 18.2 Å². The van der Waals surface area contributed by atoms with Crippen molar-refractivity contribution in [1.29, 1.82) is 0 Å². The van der Waals surface area contributed by atoms with E-state index in [1.54, 1.807) is 13.2 Å². The first-order valence-electron chi connectivity index (χ1n) is 8.98. The third kappa shape index (κ3) is 2.68. The van der Waals surface area contributed by atoms with Gasteiger partial charge in [-0.25, -0.2) is 0 Å². The Kier molecular flexibility index (Phi) is 3.70. The predicted octanol–water partition coefficient (Wildman–Crippen LogP) is 3.80. The van der Waals surface area contributed by atoms with Gasteiger partial charge in [0.1, 0.15) is 0 Å². The zero-order chi connectivity index (χ0) is 18.4. The van der Waals surface area contributed by atoms with Gasteiger partial charge in [0.05, 0.1) is 7.11 Å². The maximum atomic E-state index is 12.9. The molecule has 0 aliphatic carbocycles. The van der Waals surface area contributed by atoms with Crippen molar-refractivity contribution in [1.82, 2.24) is 4.90 Å². The lowest BCUT2D eigenvalue weighted by Crippen LogP contribution is -2.28. The summed E-state index contributed by atoms with van der Waals surface area (Å²) in [5.74, 6) is 2.73. The molecule has 5 rings (SSSR count). The summed E-state index contributed by atoms with van der Waals surface area (Å²) < 4.78 is 22.0. The molecule has 138 valence electrons. The highest BCUT2D eigenvalue weighted by Gasteiger charge is 2.30. The maximum Gasteiger partial charge on any atom is 0.289 e. The monoisotopic (exact) mass is 365 g/mol. The molecule has 0 saturated carbocycles. The van der Waals surface area contributed by atoms with Crippen LogP contribution in [0.25, 0.3) is 11.0 Å². The molecule has 0 unspecified atom stereocenters. The van der Waals surface area contributed by atoms with Crippen LogP contribution in [0.1, 0.15) is 28.5 Å². The molecule has 6 heteroatoms. The topological polar surface area (TPSA) is 61.1 Å². The number of likely N-dealkylation sites (tertiary alicyclic amines) is 1. The summed E-state index contributed by atoms with van der Waals surface area (Å²) in [4.78, 5) is 14.8. The fourth-order valence-electron chi connectivity index (χ4n) is 3.84. The van der Waals surface area contributed by atoms with Crippen molar-refractivity contribution in [3.8, 4) is 17.2 Å². The molecule has 2 aromatic carbocycles. The number of benzene rings is 2. The standard InChI is InChI=1S/C21H19NO5/c1-24-17-4-2-3-14-10-19(27-20(14)17)21(23)22-8-7-15(11-22)13-5-6-16-18(9-13)26-12-25-16/h2-6,9-10,15H,7-8,11-12H2,1H3/t15-/m0/s1. The Morgan fingerprint density at radius 3 is 2.93 bits per heavy atom. The first-order valence-corrected chi connectivity index (χ1v) is 8.98. The fourth-order valence-corrected chi connectivity index (χ4v) is 3.84. The lowest BCUT2D eigenvalue weighted by Gasteiger charge is -2.15. The van der Waals surface area contributed by atoms with Gasteiger partial charge in [-0.2, -0.15) is 0 Å². The van der Waals surface area contributed by atoms with Crippen molar-refractivity contribution < 1.29 is 23.4 Å². The van der Waals surface area contributed by atoms with Gasteiger partial charge in [0.25, 0.3) is 5.91 Å². The molecule has 2 aliphatic rings. The number of hydrogen-bond donors (Lipinski definition) is 0. The van der Waals surface area contributed by atoms with Crippen LogP contribution in [0.3, 0.4) is 0 Å². The molecule has 1 fully saturated rings. The lowest BCUT2D eigenvalue weighted by atomic mass is 9.98. The van der Waals surface area contributed by atoms with E-state index in [4.69, 9.17) is 18.6 Å². The molecule has 0 N–H and O–H groups in total. The zero-order valence-corrected chi connectivity index (χ0v) is 14.9. The van der Waals surface area contributed by atoms with Crippen LogP contribution in [-0.4, -0.2) is 37.8 Å². The summed E-state index contributed by atoms with van der Waals surface area (Å²) in [5, 5.41) is 0.865. The molecule has 1 amide bonds. The van der Waals surface area contributed by atoms with Crippen molar-refractivity contribution in [3.05, 3.63) is 53.8 Å². The molecule has 0 bridgehead atoms.